The summed E-state index contributed by atoms with van der Waals surface area (Å²) in [6, 6.07) is 20.6. The van der Waals surface area contributed by atoms with Crippen LogP contribution in [0.2, 0.25) is 0 Å². The van der Waals surface area contributed by atoms with Crippen molar-refractivity contribution in [1.29, 1.82) is 0 Å². The third kappa shape index (κ3) is 6.84. The Hall–Kier alpha value is -4.40. The van der Waals surface area contributed by atoms with Crippen molar-refractivity contribution < 1.29 is 24.3 Å². The molecule has 0 heterocycles. The van der Waals surface area contributed by atoms with Gasteiger partial charge < -0.3 is 10.0 Å². The van der Waals surface area contributed by atoms with Crippen LogP contribution < -0.4 is 5.43 Å². The average molecular weight is 505 g/mol. The highest BCUT2D eigenvalue weighted by molar-refractivity contribution is 5.92. The number of fused-ring (bicyclic) bond motifs is 1. The van der Waals surface area contributed by atoms with E-state index in [0.717, 1.165) is 31.8 Å². The summed E-state index contributed by atoms with van der Waals surface area (Å²) < 4.78 is 0. The number of carbonyl (C=O) groups excluding carboxylic acids is 3. The van der Waals surface area contributed by atoms with Crippen molar-refractivity contribution in [2.75, 3.05) is 21.1 Å². The highest BCUT2D eigenvalue weighted by atomic mass is 16.4. The van der Waals surface area contributed by atoms with E-state index in [1.165, 1.54) is 33.0 Å². The monoisotopic (exact) mass is 504 g/mol. The van der Waals surface area contributed by atoms with Crippen LogP contribution in [0.15, 0.2) is 72.8 Å². The third-order valence-corrected chi connectivity index (χ3v) is 6.44. The lowest BCUT2D eigenvalue weighted by molar-refractivity contribution is -0.146. The molecule has 9 heteroatoms. The van der Waals surface area contributed by atoms with Gasteiger partial charge in [-0.25, -0.2) is 4.79 Å². The minimum Gasteiger partial charge on any atom is -0.465 e. The van der Waals surface area contributed by atoms with E-state index in [-0.39, 0.29) is 18.7 Å². The Labute approximate surface area is 216 Å². The van der Waals surface area contributed by atoms with Crippen molar-refractivity contribution in [1.82, 2.24) is 20.2 Å². The van der Waals surface area contributed by atoms with Crippen LogP contribution in [-0.2, 0) is 27.2 Å². The zero-order valence-electron chi connectivity index (χ0n) is 21.4. The first-order valence-electron chi connectivity index (χ1n) is 11.9. The normalized spacial score (nSPS) is 12.3. The van der Waals surface area contributed by atoms with E-state index in [1.807, 2.05) is 72.8 Å². The lowest BCUT2D eigenvalue weighted by atomic mass is 9.98. The predicted molar refractivity (Wildman–Crippen MR) is 141 cm³/mol. The number of carbonyl (C=O) groups is 4. The number of nitrogens with zero attached hydrogens (tertiary/aromatic N) is 3. The van der Waals surface area contributed by atoms with Gasteiger partial charge in [0.1, 0.15) is 12.1 Å². The zero-order chi connectivity index (χ0) is 27.1. The molecule has 0 radical (unpaired) electrons. The molecule has 2 atom stereocenters. The van der Waals surface area contributed by atoms with E-state index in [1.54, 1.807) is 0 Å². The van der Waals surface area contributed by atoms with Gasteiger partial charge in [0.2, 0.25) is 11.8 Å². The van der Waals surface area contributed by atoms with Gasteiger partial charge in [0, 0.05) is 40.9 Å². The van der Waals surface area contributed by atoms with Gasteiger partial charge >= 0.3 is 6.09 Å². The summed E-state index contributed by atoms with van der Waals surface area (Å²) in [5.74, 6) is -1.46. The Balaban J connectivity index is 1.92. The molecule has 0 bridgehead atoms. The van der Waals surface area contributed by atoms with Crippen LogP contribution in [0.25, 0.3) is 10.8 Å². The molecule has 37 heavy (non-hydrogen) atoms. The molecule has 3 aromatic carbocycles. The fourth-order valence-corrected chi connectivity index (χ4v) is 4.06. The topological polar surface area (TPSA) is 110 Å². The Morgan fingerprint density at radius 3 is 1.97 bits per heavy atom. The number of amides is 4. The van der Waals surface area contributed by atoms with Crippen LogP contribution in [0, 0.1) is 0 Å². The van der Waals surface area contributed by atoms with Gasteiger partial charge in [-0.2, -0.15) is 0 Å². The van der Waals surface area contributed by atoms with Crippen LogP contribution in [0.4, 0.5) is 4.79 Å². The zero-order valence-corrected chi connectivity index (χ0v) is 21.4. The molecule has 194 valence electrons. The number of carboxylic acid groups (broad SMARTS) is 1. The highest BCUT2D eigenvalue weighted by Crippen LogP contribution is 2.20. The average Bonchev–Trinajstić information content (AvgIpc) is 2.89. The number of rotatable bonds is 8. The Bertz CT molecular complexity index is 1280. The van der Waals surface area contributed by atoms with Gasteiger partial charge in [-0.1, -0.05) is 72.8 Å². The van der Waals surface area contributed by atoms with Crippen LogP contribution >= 0.6 is 0 Å². The second-order valence-corrected chi connectivity index (χ2v) is 9.00. The molecule has 0 saturated heterocycles. The number of nitrogens with one attached hydrogen (secondary N) is 1. The van der Waals surface area contributed by atoms with Crippen molar-refractivity contribution in [2.45, 2.75) is 31.8 Å². The smallest absolute Gasteiger partial charge is 0.407 e. The first kappa shape index (κ1) is 27.2. The molecular weight excluding hydrogens is 472 g/mol. The second kappa shape index (κ2) is 12.0. The van der Waals surface area contributed by atoms with Gasteiger partial charge in [0.15, 0.2) is 0 Å². The molecule has 3 aromatic rings. The summed E-state index contributed by atoms with van der Waals surface area (Å²) in [7, 11) is 4.24. The minimum atomic E-state index is -1.26. The molecule has 3 rings (SSSR count). The summed E-state index contributed by atoms with van der Waals surface area (Å²) >= 11 is 0. The van der Waals surface area contributed by atoms with E-state index in [4.69, 9.17) is 0 Å². The van der Waals surface area contributed by atoms with Crippen LogP contribution in [0.1, 0.15) is 18.1 Å². The van der Waals surface area contributed by atoms with Gasteiger partial charge in [-0.3, -0.25) is 29.7 Å². The highest BCUT2D eigenvalue weighted by Gasteiger charge is 2.35. The molecule has 0 aliphatic heterocycles. The van der Waals surface area contributed by atoms with Gasteiger partial charge in [0.25, 0.3) is 5.91 Å². The van der Waals surface area contributed by atoms with Crippen LogP contribution in [0.3, 0.4) is 0 Å². The molecule has 4 amide bonds. The molecule has 0 aliphatic carbocycles. The molecular formula is C28H32N4O5. The predicted octanol–water partition coefficient (Wildman–Crippen LogP) is 2.94. The minimum absolute atomic E-state index is 0.129. The molecule has 0 spiro atoms. The van der Waals surface area contributed by atoms with Gasteiger partial charge in [-0.05, 0) is 21.9 Å². The Morgan fingerprint density at radius 1 is 0.757 bits per heavy atom. The maximum Gasteiger partial charge on any atom is 0.407 e. The molecule has 2 N–H and O–H groups in total. The fraction of sp³-hybridized carbons (Fsp3) is 0.286. The van der Waals surface area contributed by atoms with Crippen LogP contribution in [0.5, 0.6) is 0 Å². The van der Waals surface area contributed by atoms with Crippen molar-refractivity contribution in [2.24, 2.45) is 0 Å². The third-order valence-electron chi connectivity index (χ3n) is 6.44. The van der Waals surface area contributed by atoms with E-state index < -0.39 is 30.0 Å². The number of hydrazine groups is 1. The lowest BCUT2D eigenvalue weighted by Crippen LogP contribution is -2.57. The summed E-state index contributed by atoms with van der Waals surface area (Å²) in [6.45, 7) is 1.31. The largest absolute Gasteiger partial charge is 0.465 e. The molecule has 0 saturated carbocycles. The van der Waals surface area contributed by atoms with Crippen molar-refractivity contribution >= 4 is 34.6 Å². The number of hydrogen-bond donors (Lipinski definition) is 2. The fourth-order valence-electron chi connectivity index (χ4n) is 4.06. The number of likely N-dealkylation sites (N-methyl/N-ethyl adjacent to an activating group) is 2. The Kier molecular flexibility index (Phi) is 8.84. The maximum atomic E-state index is 13.8. The van der Waals surface area contributed by atoms with Crippen molar-refractivity contribution in [3.8, 4) is 0 Å². The van der Waals surface area contributed by atoms with Gasteiger partial charge in [0.05, 0.1) is 0 Å². The van der Waals surface area contributed by atoms with E-state index in [2.05, 4.69) is 5.43 Å². The Morgan fingerprint density at radius 2 is 1.35 bits per heavy atom. The molecule has 2 unspecified atom stereocenters. The van der Waals surface area contributed by atoms with E-state index in [0.29, 0.717) is 0 Å². The van der Waals surface area contributed by atoms with Gasteiger partial charge in [-0.15, -0.1) is 0 Å². The molecule has 0 aliphatic rings. The second-order valence-electron chi connectivity index (χ2n) is 9.00. The number of hydrogen-bond acceptors (Lipinski definition) is 4. The SMILES string of the molecule is CC(=O)N(C)NC(=O)C(Cc1ccccc1)N(C)C(=O)C(Cc1ccc2ccccc2c1)N(C)C(=O)O. The first-order valence-corrected chi connectivity index (χ1v) is 11.9. The van der Waals surface area contributed by atoms with E-state index in [9.17, 15) is 24.3 Å². The number of benzene rings is 3. The maximum absolute atomic E-state index is 13.8. The molecule has 0 aromatic heterocycles. The summed E-state index contributed by atoms with van der Waals surface area (Å²) in [6.07, 6.45) is -0.947. The lowest BCUT2D eigenvalue weighted by Gasteiger charge is -2.34. The summed E-state index contributed by atoms with van der Waals surface area (Å²) in [5.41, 5.74) is 4.12. The summed E-state index contributed by atoms with van der Waals surface area (Å²) in [5, 5.41) is 12.8. The van der Waals surface area contributed by atoms with Crippen molar-refractivity contribution in [3.63, 3.8) is 0 Å². The molecule has 9 nitrogen and oxygen atoms in total. The van der Waals surface area contributed by atoms with Crippen molar-refractivity contribution in [3.05, 3.63) is 83.9 Å². The quantitative estimate of drug-likeness (QED) is 0.459. The van der Waals surface area contributed by atoms with Crippen LogP contribution in [-0.4, -0.2) is 77.0 Å². The van der Waals surface area contributed by atoms with E-state index >= 15 is 0 Å². The first-order chi connectivity index (χ1) is 17.6. The standard InChI is InChI=1S/C28H32N4O5/c1-19(33)32(4)29-26(34)24(17-20-10-6-5-7-11-20)30(2)27(35)25(31(3)28(36)37)18-21-14-15-22-12-8-9-13-23(22)16-21/h5-16,24-25H,17-18H2,1-4H3,(H,29,34)(H,36,37). The molecule has 0 fully saturated rings. The summed E-state index contributed by atoms with van der Waals surface area (Å²) in [4.78, 5) is 52.8.